The fraction of sp³-hybridized carbons (Fsp3) is 0. The largest absolute Gasteiger partial charge is 0.477 e. The third-order valence-electron chi connectivity index (χ3n) is 1.77. The highest BCUT2D eigenvalue weighted by Gasteiger charge is 2.09. The van der Waals surface area contributed by atoms with Crippen molar-refractivity contribution in [2.24, 2.45) is 0 Å². The molecule has 0 spiro atoms. The zero-order valence-electron chi connectivity index (χ0n) is 6.94. The second-order valence-corrected chi connectivity index (χ2v) is 3.03. The number of carboxylic acids is 1. The van der Waals surface area contributed by atoms with Crippen molar-refractivity contribution in [1.82, 2.24) is 9.97 Å². The standard InChI is InChI=1S/C9H5ClN2O2/c10-8-5-2-1-3-11-6(5)4-7(12-8)9(13)14/h1-4H,(H,13,14). The summed E-state index contributed by atoms with van der Waals surface area (Å²) in [5.41, 5.74) is 0.436. The fourth-order valence-corrected chi connectivity index (χ4v) is 1.40. The number of carbonyl (C=O) groups is 1. The molecule has 0 radical (unpaired) electrons. The predicted molar refractivity (Wildman–Crippen MR) is 51.5 cm³/mol. The molecule has 5 heteroatoms. The second-order valence-electron chi connectivity index (χ2n) is 2.67. The number of fused-ring (bicyclic) bond motifs is 1. The van der Waals surface area contributed by atoms with Gasteiger partial charge >= 0.3 is 5.97 Å². The van der Waals surface area contributed by atoms with Gasteiger partial charge in [-0.05, 0) is 18.2 Å². The van der Waals surface area contributed by atoms with Crippen molar-refractivity contribution in [3.63, 3.8) is 0 Å². The van der Waals surface area contributed by atoms with Crippen LogP contribution in [0, 0.1) is 0 Å². The van der Waals surface area contributed by atoms with E-state index in [0.717, 1.165) is 0 Å². The molecule has 2 aromatic rings. The Labute approximate surface area is 84.2 Å². The van der Waals surface area contributed by atoms with Gasteiger partial charge in [0.05, 0.1) is 5.52 Å². The first-order valence-corrected chi connectivity index (χ1v) is 4.21. The Bertz CT molecular complexity index is 513. The van der Waals surface area contributed by atoms with Crippen molar-refractivity contribution in [1.29, 1.82) is 0 Å². The molecule has 0 aromatic carbocycles. The molecule has 2 heterocycles. The van der Waals surface area contributed by atoms with Crippen LogP contribution < -0.4 is 0 Å². The molecule has 1 N–H and O–H groups in total. The molecule has 70 valence electrons. The maximum Gasteiger partial charge on any atom is 0.354 e. The molecule has 0 aliphatic carbocycles. The lowest BCUT2D eigenvalue weighted by molar-refractivity contribution is 0.0690. The van der Waals surface area contributed by atoms with E-state index < -0.39 is 5.97 Å². The van der Waals surface area contributed by atoms with Crippen LogP contribution >= 0.6 is 11.6 Å². The maximum absolute atomic E-state index is 10.6. The predicted octanol–water partition coefficient (Wildman–Crippen LogP) is 1.98. The van der Waals surface area contributed by atoms with Crippen LogP contribution in [0.5, 0.6) is 0 Å². The van der Waals surface area contributed by atoms with Crippen LogP contribution in [-0.4, -0.2) is 21.0 Å². The van der Waals surface area contributed by atoms with Gasteiger partial charge in [-0.25, -0.2) is 9.78 Å². The van der Waals surface area contributed by atoms with Gasteiger partial charge in [0.1, 0.15) is 5.15 Å². The third kappa shape index (κ3) is 1.40. The summed E-state index contributed by atoms with van der Waals surface area (Å²) in [6.45, 7) is 0. The van der Waals surface area contributed by atoms with Gasteiger partial charge in [0, 0.05) is 11.6 Å². The van der Waals surface area contributed by atoms with E-state index in [-0.39, 0.29) is 10.8 Å². The molecule has 0 unspecified atom stereocenters. The molecular formula is C9H5ClN2O2. The summed E-state index contributed by atoms with van der Waals surface area (Å²) in [5.74, 6) is -1.11. The summed E-state index contributed by atoms with van der Waals surface area (Å²) in [4.78, 5) is 18.4. The van der Waals surface area contributed by atoms with Crippen molar-refractivity contribution in [2.75, 3.05) is 0 Å². The first kappa shape index (κ1) is 8.90. The van der Waals surface area contributed by atoms with Crippen molar-refractivity contribution >= 4 is 28.5 Å². The van der Waals surface area contributed by atoms with Gasteiger partial charge in [-0.15, -0.1) is 0 Å². The van der Waals surface area contributed by atoms with Crippen molar-refractivity contribution in [3.8, 4) is 0 Å². The van der Waals surface area contributed by atoms with Gasteiger partial charge in [-0.1, -0.05) is 11.6 Å². The summed E-state index contributed by atoms with van der Waals surface area (Å²) in [7, 11) is 0. The monoisotopic (exact) mass is 208 g/mol. The third-order valence-corrected chi connectivity index (χ3v) is 2.06. The minimum atomic E-state index is -1.11. The van der Waals surface area contributed by atoms with Crippen molar-refractivity contribution < 1.29 is 9.90 Å². The molecule has 2 rings (SSSR count). The highest BCUT2D eigenvalue weighted by molar-refractivity contribution is 6.34. The van der Waals surface area contributed by atoms with Gasteiger partial charge in [-0.3, -0.25) is 4.98 Å². The number of rotatable bonds is 1. The molecular weight excluding hydrogens is 204 g/mol. The molecule has 4 nitrogen and oxygen atoms in total. The van der Waals surface area contributed by atoms with Crippen LogP contribution in [0.2, 0.25) is 5.15 Å². The smallest absolute Gasteiger partial charge is 0.354 e. The minimum absolute atomic E-state index is 0.0961. The summed E-state index contributed by atoms with van der Waals surface area (Å²) in [6, 6.07) is 4.85. The first-order valence-electron chi connectivity index (χ1n) is 3.83. The number of pyridine rings is 2. The topological polar surface area (TPSA) is 63.1 Å². The quantitative estimate of drug-likeness (QED) is 0.728. The molecule has 0 atom stereocenters. The van der Waals surface area contributed by atoms with Gasteiger partial charge < -0.3 is 5.11 Å². The average Bonchev–Trinajstić information content (AvgIpc) is 2.17. The Morgan fingerprint density at radius 1 is 1.50 bits per heavy atom. The molecule has 0 bridgehead atoms. The average molecular weight is 209 g/mol. The lowest BCUT2D eigenvalue weighted by atomic mass is 10.2. The summed E-state index contributed by atoms with van der Waals surface area (Å²) in [5, 5.41) is 9.53. The highest BCUT2D eigenvalue weighted by atomic mass is 35.5. The Balaban J connectivity index is 2.78. The summed E-state index contributed by atoms with van der Waals surface area (Å²) >= 11 is 5.79. The van der Waals surface area contributed by atoms with Crippen LogP contribution in [0.15, 0.2) is 24.4 Å². The van der Waals surface area contributed by atoms with Crippen LogP contribution in [-0.2, 0) is 0 Å². The van der Waals surface area contributed by atoms with E-state index in [0.29, 0.717) is 10.9 Å². The minimum Gasteiger partial charge on any atom is -0.477 e. The van der Waals surface area contributed by atoms with Crippen LogP contribution in [0.25, 0.3) is 10.9 Å². The van der Waals surface area contributed by atoms with E-state index in [2.05, 4.69) is 9.97 Å². The number of aromatic carboxylic acids is 1. The Morgan fingerprint density at radius 2 is 2.29 bits per heavy atom. The normalized spacial score (nSPS) is 10.4. The van der Waals surface area contributed by atoms with E-state index in [1.807, 2.05) is 0 Å². The molecule has 0 fully saturated rings. The van der Waals surface area contributed by atoms with Gasteiger partial charge in [0.15, 0.2) is 5.69 Å². The van der Waals surface area contributed by atoms with Crippen molar-refractivity contribution in [3.05, 3.63) is 35.2 Å². The zero-order chi connectivity index (χ0) is 10.1. The number of nitrogens with zero attached hydrogens (tertiary/aromatic N) is 2. The van der Waals surface area contributed by atoms with E-state index >= 15 is 0 Å². The summed E-state index contributed by atoms with van der Waals surface area (Å²) < 4.78 is 0. The van der Waals surface area contributed by atoms with Gasteiger partial charge in [-0.2, -0.15) is 0 Å². The number of hydrogen-bond acceptors (Lipinski definition) is 3. The molecule has 0 aliphatic heterocycles. The van der Waals surface area contributed by atoms with Crippen LogP contribution in [0.4, 0.5) is 0 Å². The van der Waals surface area contributed by atoms with Crippen LogP contribution in [0.1, 0.15) is 10.5 Å². The van der Waals surface area contributed by atoms with Gasteiger partial charge in [0.25, 0.3) is 0 Å². The first-order chi connectivity index (χ1) is 6.68. The Morgan fingerprint density at radius 3 is 3.00 bits per heavy atom. The zero-order valence-corrected chi connectivity index (χ0v) is 7.69. The highest BCUT2D eigenvalue weighted by Crippen LogP contribution is 2.20. The van der Waals surface area contributed by atoms with Gasteiger partial charge in [0.2, 0.25) is 0 Å². The lowest BCUT2D eigenvalue weighted by Crippen LogP contribution is -2.00. The Kier molecular flexibility index (Phi) is 2.05. The van der Waals surface area contributed by atoms with E-state index in [1.165, 1.54) is 6.07 Å². The Hall–Kier alpha value is -1.68. The lowest BCUT2D eigenvalue weighted by Gasteiger charge is -2.00. The maximum atomic E-state index is 10.6. The van der Waals surface area contributed by atoms with Crippen molar-refractivity contribution in [2.45, 2.75) is 0 Å². The number of aromatic nitrogens is 2. The van der Waals surface area contributed by atoms with E-state index in [4.69, 9.17) is 16.7 Å². The molecule has 14 heavy (non-hydrogen) atoms. The van der Waals surface area contributed by atoms with Crippen LogP contribution in [0.3, 0.4) is 0 Å². The molecule has 0 saturated carbocycles. The van der Waals surface area contributed by atoms with E-state index in [1.54, 1.807) is 18.3 Å². The SMILES string of the molecule is O=C(O)c1cc2ncccc2c(Cl)n1. The number of hydrogen-bond donors (Lipinski definition) is 1. The summed E-state index contributed by atoms with van der Waals surface area (Å²) in [6.07, 6.45) is 1.57. The molecule has 2 aromatic heterocycles. The second kappa shape index (κ2) is 3.23. The number of halogens is 1. The molecule has 0 amide bonds. The molecule has 0 aliphatic rings. The molecule has 0 saturated heterocycles. The van der Waals surface area contributed by atoms with E-state index in [9.17, 15) is 4.79 Å². The fourth-order valence-electron chi connectivity index (χ4n) is 1.14. The number of carboxylic acid groups (broad SMARTS) is 1.